The number of β-lactam (4-membered cyclic amide) rings is 1. The Kier molecular flexibility index (Phi) is 17.6. The number of aromatic nitrogens is 1. The molecule has 0 bridgehead atoms. The Labute approximate surface area is 316 Å². The van der Waals surface area contributed by atoms with Crippen LogP contribution in [0.3, 0.4) is 0 Å². The summed E-state index contributed by atoms with van der Waals surface area (Å²) in [5.74, 6) is -4.62. The number of fused-ring (bicyclic) bond motifs is 1. The first-order valence-corrected chi connectivity index (χ1v) is 21.0. The molecular formula is C27H39N5O18P2S2. The van der Waals surface area contributed by atoms with Gasteiger partial charge in [0, 0.05) is 23.6 Å². The zero-order valence-corrected chi connectivity index (χ0v) is 33.1. The lowest BCUT2D eigenvalue weighted by Gasteiger charge is -2.49. The van der Waals surface area contributed by atoms with Crippen molar-refractivity contribution >= 4 is 78.8 Å². The number of carboxylic acid groups (broad SMARTS) is 1. The van der Waals surface area contributed by atoms with Crippen LogP contribution >= 0.6 is 38.3 Å². The number of ether oxygens (including phenoxy) is 1. The number of oxime groups is 1. The van der Waals surface area contributed by atoms with Crippen molar-refractivity contribution in [2.75, 3.05) is 51.2 Å². The maximum absolute atomic E-state index is 13.9. The van der Waals surface area contributed by atoms with Gasteiger partial charge in [0.15, 0.2) is 16.2 Å². The van der Waals surface area contributed by atoms with E-state index in [1.807, 2.05) is 0 Å². The molecule has 0 spiro atoms. The minimum atomic E-state index is -4.87. The molecular weight excluding hydrogens is 808 g/mol. The Morgan fingerprint density at radius 3 is 2.04 bits per heavy atom. The fourth-order valence-corrected chi connectivity index (χ4v) is 10.5. The van der Waals surface area contributed by atoms with Crippen molar-refractivity contribution in [3.05, 3.63) is 22.3 Å². The van der Waals surface area contributed by atoms with E-state index >= 15 is 0 Å². The summed E-state index contributed by atoms with van der Waals surface area (Å²) in [5, 5.41) is 16.6. The largest absolute Gasteiger partial charge is 0.477 e. The number of nitrogens with one attached hydrogen (secondary N) is 2. The zero-order valence-electron chi connectivity index (χ0n) is 29.7. The molecule has 302 valence electrons. The van der Waals surface area contributed by atoms with E-state index in [1.165, 1.54) is 33.1 Å². The van der Waals surface area contributed by atoms with Crippen molar-refractivity contribution in [3.8, 4) is 0 Å². The smallest absolute Gasteiger partial charge is 0.399 e. The molecule has 1 aromatic rings. The maximum Gasteiger partial charge on any atom is 0.399 e. The zero-order chi connectivity index (χ0) is 40.1. The predicted octanol–water partition coefficient (Wildman–Crippen LogP) is 2.71. The van der Waals surface area contributed by atoms with Gasteiger partial charge >= 0.3 is 27.1 Å². The summed E-state index contributed by atoms with van der Waals surface area (Å²) in [7, 11) is -8.61. The van der Waals surface area contributed by atoms with Crippen LogP contribution in [-0.4, -0.2) is 113 Å². The van der Waals surface area contributed by atoms with Crippen LogP contribution in [0.1, 0.15) is 46.7 Å². The van der Waals surface area contributed by atoms with Crippen molar-refractivity contribution in [1.82, 2.24) is 15.2 Å². The average Bonchev–Trinajstić information content (AvgIpc) is 3.60. The molecule has 3 heterocycles. The summed E-state index contributed by atoms with van der Waals surface area (Å²) in [5.41, 5.74) is -0.696. The van der Waals surface area contributed by atoms with Gasteiger partial charge in [-0.05, 0) is 27.7 Å². The molecule has 54 heavy (non-hydrogen) atoms. The van der Waals surface area contributed by atoms with Crippen molar-refractivity contribution in [3.63, 3.8) is 0 Å². The summed E-state index contributed by atoms with van der Waals surface area (Å²) < 4.78 is 52.5. The Hall–Kier alpha value is -3.32. The van der Waals surface area contributed by atoms with Gasteiger partial charge in [0.25, 0.3) is 11.8 Å². The molecule has 2 atom stereocenters. The molecule has 0 saturated carbocycles. The molecule has 3 amide bonds. The number of rotatable bonds is 24. The SMILES string of the molecule is CCOOP(=O)(OOCC)C(CC(=O)Nc1nc(/C(=N/OC)C(=O)N[C@@H]2C(=O)N3C(C(=O)O)=C(COC(C)=O)CS[C@@H]23)cs1)P(=O)(OOCC)OOCC. The van der Waals surface area contributed by atoms with E-state index in [9.17, 15) is 38.2 Å². The van der Waals surface area contributed by atoms with Gasteiger partial charge in [-0.25, -0.2) is 29.3 Å². The Morgan fingerprint density at radius 1 is 1.00 bits per heavy atom. The Bertz CT molecular complexity index is 1630. The molecule has 23 nitrogen and oxygen atoms in total. The number of esters is 1. The Balaban J connectivity index is 1.81. The summed E-state index contributed by atoms with van der Waals surface area (Å²) >= 11 is 1.95. The maximum atomic E-state index is 13.9. The molecule has 3 N–H and O–H groups in total. The number of nitrogens with zero attached hydrogens (tertiary/aromatic N) is 3. The van der Waals surface area contributed by atoms with E-state index in [0.29, 0.717) is 0 Å². The highest BCUT2D eigenvalue weighted by Gasteiger charge is 2.57. The second-order valence-corrected chi connectivity index (χ2v) is 16.7. The fraction of sp³-hybridized carbons (Fsp3) is 0.593. The monoisotopic (exact) mass is 847 g/mol. The van der Waals surface area contributed by atoms with Crippen molar-refractivity contribution in [2.45, 2.75) is 57.9 Å². The molecule has 1 fully saturated rings. The van der Waals surface area contributed by atoms with Crippen LogP contribution in [0.2, 0.25) is 0 Å². The Morgan fingerprint density at radius 2 is 1.56 bits per heavy atom. The number of amides is 3. The van der Waals surface area contributed by atoms with E-state index in [4.69, 9.17) is 47.8 Å². The number of thioether (sulfide) groups is 1. The van der Waals surface area contributed by atoms with Crippen molar-refractivity contribution in [1.29, 1.82) is 0 Å². The lowest BCUT2D eigenvalue weighted by Crippen LogP contribution is -2.71. The van der Waals surface area contributed by atoms with Crippen LogP contribution in [0.4, 0.5) is 5.13 Å². The average molecular weight is 848 g/mol. The van der Waals surface area contributed by atoms with E-state index < -0.39 is 73.8 Å². The first-order valence-electron chi connectivity index (χ1n) is 15.8. The van der Waals surface area contributed by atoms with Crippen LogP contribution < -0.4 is 10.6 Å². The second-order valence-electron chi connectivity index (χ2n) is 10.3. The van der Waals surface area contributed by atoms with E-state index in [2.05, 4.69) is 20.8 Å². The predicted molar refractivity (Wildman–Crippen MR) is 185 cm³/mol. The standard InChI is InChI=1S/C27H39N5O18P2S2/c1-7-43-47-51(39,48-44-8-2)19(52(40,49-45-9-3)50-46-10-4)11-18(34)29-27-28-17(14-54-27)20(31-41-6)23(35)30-21-24(36)32-22(26(37)38)16(12-42-15(5)33)13-53-25(21)32/h14,19,21,25H,7-13H2,1-6H3,(H,30,35)(H,37,38)(H,28,29,34)/b31-20-/t21-,25+/m1/s1. The quantitative estimate of drug-likeness (QED) is 0.0337. The van der Waals surface area contributed by atoms with E-state index in [1.54, 1.807) is 0 Å². The van der Waals surface area contributed by atoms with Crippen LogP contribution in [0.5, 0.6) is 0 Å². The molecule has 0 aromatic carbocycles. The van der Waals surface area contributed by atoms with Gasteiger partial charge in [-0.2, -0.15) is 0 Å². The van der Waals surface area contributed by atoms with E-state index in [-0.39, 0.29) is 60.9 Å². The number of hydrogen-bond acceptors (Lipinski definition) is 21. The van der Waals surface area contributed by atoms with Gasteiger partial charge in [0.2, 0.25) is 5.91 Å². The third-order valence-corrected chi connectivity index (χ3v) is 13.4. The number of carboxylic acids is 1. The van der Waals surface area contributed by atoms with Crippen molar-refractivity contribution < 1.29 is 86.0 Å². The van der Waals surface area contributed by atoms with Gasteiger partial charge in [-0.15, -0.1) is 41.8 Å². The molecule has 2 aliphatic heterocycles. The highest BCUT2D eigenvalue weighted by atomic mass is 32.2. The highest BCUT2D eigenvalue weighted by Crippen LogP contribution is 2.72. The molecule has 2 aliphatic rings. The van der Waals surface area contributed by atoms with Gasteiger partial charge in [-0.1, -0.05) is 5.16 Å². The van der Waals surface area contributed by atoms with Crippen molar-refractivity contribution in [2.24, 2.45) is 5.16 Å². The lowest BCUT2D eigenvalue weighted by atomic mass is 10.0. The number of hydrogen-bond donors (Lipinski definition) is 3. The third kappa shape index (κ3) is 11.4. The summed E-state index contributed by atoms with van der Waals surface area (Å²) in [4.78, 5) is 92.3. The fourth-order valence-electron chi connectivity index (χ4n) is 4.39. The molecule has 0 aliphatic carbocycles. The molecule has 1 saturated heterocycles. The summed E-state index contributed by atoms with van der Waals surface area (Å²) in [6, 6.07) is -1.18. The first kappa shape index (κ1) is 45.1. The van der Waals surface area contributed by atoms with Crippen LogP contribution in [0.25, 0.3) is 0 Å². The highest BCUT2D eigenvalue weighted by molar-refractivity contribution is 8.00. The van der Waals surface area contributed by atoms with E-state index in [0.717, 1.165) is 42.0 Å². The second kappa shape index (κ2) is 21.1. The number of thiazole rings is 1. The molecule has 0 radical (unpaired) electrons. The molecule has 1 aromatic heterocycles. The first-order chi connectivity index (χ1) is 25.7. The molecule has 0 unspecified atom stereocenters. The number of aliphatic carboxylic acids is 1. The number of anilines is 1. The van der Waals surface area contributed by atoms with Crippen LogP contribution in [-0.2, 0) is 80.9 Å². The summed E-state index contributed by atoms with van der Waals surface area (Å²) in [6.45, 7) is 6.11. The lowest BCUT2D eigenvalue weighted by molar-refractivity contribution is -0.272. The van der Waals surface area contributed by atoms with Crippen LogP contribution in [0.15, 0.2) is 21.8 Å². The van der Waals surface area contributed by atoms with Gasteiger partial charge in [-0.3, -0.25) is 33.2 Å². The van der Waals surface area contributed by atoms with Gasteiger partial charge in [0.1, 0.15) is 36.5 Å². The minimum Gasteiger partial charge on any atom is -0.477 e. The normalized spacial score (nSPS) is 17.6. The van der Waals surface area contributed by atoms with Gasteiger partial charge in [0.05, 0.1) is 32.8 Å². The number of carbonyl (C=O) groups excluding carboxylic acids is 4. The third-order valence-electron chi connectivity index (χ3n) is 6.57. The van der Waals surface area contributed by atoms with Crippen LogP contribution in [0, 0.1) is 0 Å². The molecule has 3 rings (SSSR count). The number of carbonyl (C=O) groups is 5. The summed E-state index contributed by atoms with van der Waals surface area (Å²) in [6.07, 6.45) is -0.974. The van der Waals surface area contributed by atoms with Gasteiger partial charge < -0.3 is 25.3 Å². The molecule has 27 heteroatoms. The minimum absolute atomic E-state index is 0.0979. The topological polar surface area (TPSA) is 285 Å².